The van der Waals surface area contributed by atoms with Crippen molar-refractivity contribution < 1.29 is 28.2 Å². The summed E-state index contributed by atoms with van der Waals surface area (Å²) in [6.45, 7) is 0.322. The van der Waals surface area contributed by atoms with Crippen molar-refractivity contribution in [2.24, 2.45) is 0 Å². The third-order valence-corrected chi connectivity index (χ3v) is 3.90. The van der Waals surface area contributed by atoms with Crippen LogP contribution in [0.15, 0.2) is 40.8 Å². The van der Waals surface area contributed by atoms with E-state index in [9.17, 15) is 4.79 Å². The van der Waals surface area contributed by atoms with Gasteiger partial charge in [0.2, 0.25) is 19.5 Å². The summed E-state index contributed by atoms with van der Waals surface area (Å²) in [5, 5.41) is 10.4. The van der Waals surface area contributed by atoms with Crippen molar-refractivity contribution in [2.45, 2.75) is 0 Å². The zero-order valence-corrected chi connectivity index (χ0v) is 13.2. The number of hydrogen-bond acceptors (Lipinski definition) is 8. The molecule has 9 heteroatoms. The summed E-state index contributed by atoms with van der Waals surface area (Å²) in [4.78, 5) is 12.3. The normalized spacial score (nSPS) is 13.7. The molecule has 2 aliphatic heterocycles. The van der Waals surface area contributed by atoms with E-state index in [4.69, 9.17) is 23.4 Å². The Labute approximate surface area is 146 Å². The molecule has 0 atom stereocenters. The van der Waals surface area contributed by atoms with E-state index in [1.165, 1.54) is 0 Å². The molecule has 1 N–H and O–H groups in total. The molecule has 2 aliphatic rings. The number of hydrogen-bond donors (Lipinski definition) is 1. The molecular formula is C17H11N3O6. The molecule has 5 rings (SSSR count). The lowest BCUT2D eigenvalue weighted by molar-refractivity contribution is 0.102. The SMILES string of the molecule is O=C(Nc1nnc(-c2ccc3c(c2)OCO3)o1)c1ccc2c(c1)OCO2. The lowest BCUT2D eigenvalue weighted by Crippen LogP contribution is -2.12. The fourth-order valence-corrected chi connectivity index (χ4v) is 2.63. The predicted octanol–water partition coefficient (Wildman–Crippen LogP) is 2.45. The summed E-state index contributed by atoms with van der Waals surface area (Å²) in [5.74, 6) is 2.23. The van der Waals surface area contributed by atoms with Crippen molar-refractivity contribution in [1.29, 1.82) is 0 Å². The lowest BCUT2D eigenvalue weighted by atomic mass is 10.2. The van der Waals surface area contributed by atoms with E-state index < -0.39 is 5.91 Å². The number of amides is 1. The Hall–Kier alpha value is -3.75. The summed E-state index contributed by atoms with van der Waals surface area (Å²) >= 11 is 0. The van der Waals surface area contributed by atoms with Crippen LogP contribution in [0.2, 0.25) is 0 Å². The van der Waals surface area contributed by atoms with Gasteiger partial charge in [-0.2, -0.15) is 0 Å². The topological polar surface area (TPSA) is 105 Å². The first kappa shape index (κ1) is 14.6. The van der Waals surface area contributed by atoms with E-state index in [2.05, 4.69) is 15.5 Å². The highest BCUT2D eigenvalue weighted by Gasteiger charge is 2.19. The van der Waals surface area contributed by atoms with Gasteiger partial charge >= 0.3 is 6.01 Å². The van der Waals surface area contributed by atoms with Gasteiger partial charge in [0.1, 0.15) is 0 Å². The van der Waals surface area contributed by atoms with Crippen molar-refractivity contribution in [3.63, 3.8) is 0 Å². The maximum Gasteiger partial charge on any atom is 0.322 e. The van der Waals surface area contributed by atoms with Crippen molar-refractivity contribution in [1.82, 2.24) is 10.2 Å². The van der Waals surface area contributed by atoms with Gasteiger partial charge in [0, 0.05) is 11.1 Å². The number of carbonyl (C=O) groups is 1. The molecule has 3 aromatic rings. The number of benzene rings is 2. The molecular weight excluding hydrogens is 342 g/mol. The summed E-state index contributed by atoms with van der Waals surface area (Å²) in [5.41, 5.74) is 1.04. The van der Waals surface area contributed by atoms with E-state index in [1.54, 1.807) is 36.4 Å². The molecule has 1 aromatic heterocycles. The molecule has 2 aromatic carbocycles. The van der Waals surface area contributed by atoms with Crippen LogP contribution >= 0.6 is 0 Å². The molecule has 130 valence electrons. The second-order valence-electron chi connectivity index (χ2n) is 5.50. The van der Waals surface area contributed by atoms with Gasteiger partial charge in [-0.3, -0.25) is 10.1 Å². The second-order valence-corrected chi connectivity index (χ2v) is 5.50. The Morgan fingerprint density at radius 2 is 1.54 bits per heavy atom. The molecule has 9 nitrogen and oxygen atoms in total. The molecule has 0 saturated heterocycles. The van der Waals surface area contributed by atoms with Crippen LogP contribution in [0.4, 0.5) is 6.01 Å². The van der Waals surface area contributed by atoms with Crippen molar-refractivity contribution in [3.05, 3.63) is 42.0 Å². The van der Waals surface area contributed by atoms with Gasteiger partial charge in [-0.25, -0.2) is 0 Å². The molecule has 0 radical (unpaired) electrons. The summed E-state index contributed by atoms with van der Waals surface area (Å²) < 4.78 is 26.6. The van der Waals surface area contributed by atoms with Gasteiger partial charge in [-0.15, -0.1) is 5.10 Å². The van der Waals surface area contributed by atoms with Crippen LogP contribution in [-0.4, -0.2) is 29.7 Å². The number of carbonyl (C=O) groups excluding carboxylic acids is 1. The minimum atomic E-state index is -0.399. The summed E-state index contributed by atoms with van der Waals surface area (Å²) in [7, 11) is 0. The van der Waals surface area contributed by atoms with Crippen LogP contribution in [0.3, 0.4) is 0 Å². The van der Waals surface area contributed by atoms with E-state index >= 15 is 0 Å². The minimum absolute atomic E-state index is 0.0136. The Morgan fingerprint density at radius 3 is 2.35 bits per heavy atom. The Bertz CT molecular complexity index is 1020. The number of nitrogens with zero attached hydrogens (tertiary/aromatic N) is 2. The Morgan fingerprint density at radius 1 is 0.846 bits per heavy atom. The summed E-state index contributed by atoms with van der Waals surface area (Å²) in [6.07, 6.45) is 0. The van der Waals surface area contributed by atoms with Gasteiger partial charge in [-0.1, -0.05) is 5.10 Å². The smallest absolute Gasteiger partial charge is 0.322 e. The third-order valence-electron chi connectivity index (χ3n) is 3.90. The maximum atomic E-state index is 12.3. The first-order valence-corrected chi connectivity index (χ1v) is 7.71. The largest absolute Gasteiger partial charge is 0.454 e. The van der Waals surface area contributed by atoms with Gasteiger partial charge in [0.15, 0.2) is 23.0 Å². The highest BCUT2D eigenvalue weighted by molar-refractivity contribution is 6.03. The van der Waals surface area contributed by atoms with Gasteiger partial charge < -0.3 is 23.4 Å². The van der Waals surface area contributed by atoms with E-state index in [1.807, 2.05) is 0 Å². The molecule has 1 amide bonds. The van der Waals surface area contributed by atoms with Crippen LogP contribution in [0.1, 0.15) is 10.4 Å². The number of nitrogens with one attached hydrogen (secondary N) is 1. The van der Waals surface area contributed by atoms with Crippen LogP contribution < -0.4 is 24.3 Å². The van der Waals surface area contributed by atoms with Crippen LogP contribution in [0, 0.1) is 0 Å². The van der Waals surface area contributed by atoms with Crippen LogP contribution in [0.5, 0.6) is 23.0 Å². The van der Waals surface area contributed by atoms with Gasteiger partial charge in [0.05, 0.1) is 0 Å². The molecule has 26 heavy (non-hydrogen) atoms. The monoisotopic (exact) mass is 353 g/mol. The number of fused-ring (bicyclic) bond motifs is 2. The Balaban J connectivity index is 1.35. The first-order valence-electron chi connectivity index (χ1n) is 7.71. The number of anilines is 1. The summed E-state index contributed by atoms with van der Waals surface area (Å²) in [6, 6.07) is 10.1. The average molecular weight is 353 g/mol. The van der Waals surface area contributed by atoms with E-state index in [0.717, 1.165) is 0 Å². The average Bonchev–Trinajstić information content (AvgIpc) is 3.40. The third kappa shape index (κ3) is 2.46. The fourth-order valence-electron chi connectivity index (χ4n) is 2.63. The van der Waals surface area contributed by atoms with Crippen molar-refractivity contribution >= 4 is 11.9 Å². The molecule has 0 saturated carbocycles. The first-order chi connectivity index (χ1) is 12.8. The quantitative estimate of drug-likeness (QED) is 0.765. The van der Waals surface area contributed by atoms with Crippen LogP contribution in [0.25, 0.3) is 11.5 Å². The van der Waals surface area contributed by atoms with E-state index in [-0.39, 0.29) is 25.5 Å². The van der Waals surface area contributed by atoms with Gasteiger partial charge in [-0.05, 0) is 36.4 Å². The van der Waals surface area contributed by atoms with Gasteiger partial charge in [0.25, 0.3) is 5.91 Å². The number of ether oxygens (including phenoxy) is 4. The molecule has 0 spiro atoms. The lowest BCUT2D eigenvalue weighted by Gasteiger charge is -2.02. The molecule has 3 heterocycles. The number of aromatic nitrogens is 2. The number of rotatable bonds is 3. The Kier molecular flexibility index (Phi) is 3.17. The minimum Gasteiger partial charge on any atom is -0.454 e. The highest BCUT2D eigenvalue weighted by atomic mass is 16.7. The van der Waals surface area contributed by atoms with Crippen molar-refractivity contribution in [3.8, 4) is 34.5 Å². The molecule has 0 aliphatic carbocycles. The standard InChI is InChI=1S/C17H11N3O6/c21-15(9-1-3-11-13(5-9)24-7-22-11)18-17-20-19-16(26-17)10-2-4-12-14(6-10)25-8-23-12/h1-6H,7-8H2,(H,18,20,21). The van der Waals surface area contributed by atoms with Crippen molar-refractivity contribution in [2.75, 3.05) is 18.9 Å². The second kappa shape index (κ2) is 5.66. The molecule has 0 unspecified atom stereocenters. The molecule has 0 bridgehead atoms. The molecule has 0 fully saturated rings. The van der Waals surface area contributed by atoms with E-state index in [0.29, 0.717) is 34.1 Å². The zero-order chi connectivity index (χ0) is 17.5. The zero-order valence-electron chi connectivity index (χ0n) is 13.2. The fraction of sp³-hybridized carbons (Fsp3) is 0.118. The van der Waals surface area contributed by atoms with Crippen LogP contribution in [-0.2, 0) is 0 Å². The maximum absolute atomic E-state index is 12.3. The highest BCUT2D eigenvalue weighted by Crippen LogP contribution is 2.36. The predicted molar refractivity (Wildman–Crippen MR) is 86.4 cm³/mol.